The van der Waals surface area contributed by atoms with Crippen LogP contribution < -0.4 is 4.72 Å². The van der Waals surface area contributed by atoms with Crippen molar-refractivity contribution in [3.05, 3.63) is 22.4 Å². The van der Waals surface area contributed by atoms with Gasteiger partial charge in [-0.15, -0.1) is 11.3 Å². The lowest BCUT2D eigenvalue weighted by Gasteiger charge is -2.19. The van der Waals surface area contributed by atoms with Crippen molar-refractivity contribution in [2.75, 3.05) is 13.1 Å². The van der Waals surface area contributed by atoms with Gasteiger partial charge in [-0.3, -0.25) is 0 Å². The summed E-state index contributed by atoms with van der Waals surface area (Å²) in [4.78, 5) is 1.04. The summed E-state index contributed by atoms with van der Waals surface area (Å²) in [6, 6.07) is 3.87. The zero-order chi connectivity index (χ0) is 12.1. The van der Waals surface area contributed by atoms with Gasteiger partial charge >= 0.3 is 0 Å². The molecule has 0 unspecified atom stereocenters. The maximum Gasteiger partial charge on any atom is 0.279 e. The van der Waals surface area contributed by atoms with Gasteiger partial charge in [-0.05, 0) is 24.3 Å². The van der Waals surface area contributed by atoms with Crippen molar-refractivity contribution >= 4 is 21.5 Å². The summed E-state index contributed by atoms with van der Waals surface area (Å²) in [5.41, 5.74) is 0. The molecule has 1 aliphatic heterocycles. The Morgan fingerprint density at radius 3 is 2.53 bits per heavy atom. The van der Waals surface area contributed by atoms with Gasteiger partial charge in [-0.2, -0.15) is 17.4 Å². The van der Waals surface area contributed by atoms with Crippen molar-refractivity contribution in [1.82, 2.24) is 9.03 Å². The lowest BCUT2D eigenvalue weighted by molar-refractivity contribution is 0.415. The first-order valence-corrected chi connectivity index (χ1v) is 8.27. The van der Waals surface area contributed by atoms with Gasteiger partial charge in [0.2, 0.25) is 0 Å². The van der Waals surface area contributed by atoms with Crippen molar-refractivity contribution < 1.29 is 8.42 Å². The second-order valence-electron chi connectivity index (χ2n) is 4.22. The number of hydrogen-bond donors (Lipinski definition) is 1. The third-order valence-corrected chi connectivity index (χ3v) is 5.34. The fourth-order valence-corrected chi connectivity index (χ4v) is 3.94. The average molecular weight is 274 g/mol. The van der Waals surface area contributed by atoms with Crippen molar-refractivity contribution in [1.29, 1.82) is 0 Å². The van der Waals surface area contributed by atoms with E-state index >= 15 is 0 Å². The van der Waals surface area contributed by atoms with Crippen LogP contribution in [0.2, 0.25) is 0 Å². The zero-order valence-corrected chi connectivity index (χ0v) is 11.4. The molecule has 6 heteroatoms. The molecular formula is C11H18N2O2S2. The molecule has 0 atom stereocenters. The summed E-state index contributed by atoms with van der Waals surface area (Å²) in [6.07, 6.45) is 4.22. The molecule has 1 aromatic heterocycles. The number of rotatable bonds is 4. The quantitative estimate of drug-likeness (QED) is 0.912. The molecule has 96 valence electrons. The number of thiophene rings is 1. The molecule has 0 radical (unpaired) electrons. The van der Waals surface area contributed by atoms with Crippen LogP contribution in [0.1, 0.15) is 30.6 Å². The summed E-state index contributed by atoms with van der Waals surface area (Å²) >= 11 is 1.57. The monoisotopic (exact) mass is 274 g/mol. The SMILES string of the molecule is O=S(=O)(NCc1cccs1)N1CCCCCC1. The van der Waals surface area contributed by atoms with Crippen LogP contribution >= 0.6 is 11.3 Å². The molecule has 0 aliphatic carbocycles. The second kappa shape index (κ2) is 5.95. The van der Waals surface area contributed by atoms with Crippen LogP contribution in [0.25, 0.3) is 0 Å². The molecule has 0 amide bonds. The summed E-state index contributed by atoms with van der Waals surface area (Å²) in [5, 5.41) is 1.95. The Balaban J connectivity index is 1.93. The van der Waals surface area contributed by atoms with Gasteiger partial charge in [0, 0.05) is 24.5 Å². The first-order valence-electron chi connectivity index (χ1n) is 5.95. The van der Waals surface area contributed by atoms with Gasteiger partial charge in [0.15, 0.2) is 0 Å². The van der Waals surface area contributed by atoms with Gasteiger partial charge in [-0.25, -0.2) is 0 Å². The normalized spacial score (nSPS) is 19.1. The van der Waals surface area contributed by atoms with Gasteiger partial charge in [0.1, 0.15) is 0 Å². The van der Waals surface area contributed by atoms with E-state index in [1.807, 2.05) is 17.5 Å². The fourth-order valence-electron chi connectivity index (χ4n) is 1.95. The first-order chi connectivity index (χ1) is 8.18. The van der Waals surface area contributed by atoms with Crippen molar-refractivity contribution in [3.8, 4) is 0 Å². The van der Waals surface area contributed by atoms with Crippen LogP contribution in [0.3, 0.4) is 0 Å². The molecule has 1 saturated heterocycles. The van der Waals surface area contributed by atoms with E-state index in [0.717, 1.165) is 30.6 Å². The molecule has 1 N–H and O–H groups in total. The summed E-state index contributed by atoms with van der Waals surface area (Å²) in [7, 11) is -3.29. The van der Waals surface area contributed by atoms with Crippen molar-refractivity contribution in [2.24, 2.45) is 0 Å². The molecular weight excluding hydrogens is 256 g/mol. The van der Waals surface area contributed by atoms with E-state index in [4.69, 9.17) is 0 Å². The highest BCUT2D eigenvalue weighted by Gasteiger charge is 2.22. The molecule has 2 heterocycles. The average Bonchev–Trinajstić information content (AvgIpc) is 2.66. The van der Waals surface area contributed by atoms with Crippen LogP contribution in [-0.4, -0.2) is 25.8 Å². The van der Waals surface area contributed by atoms with Gasteiger partial charge in [0.05, 0.1) is 0 Å². The second-order valence-corrected chi connectivity index (χ2v) is 7.01. The molecule has 0 bridgehead atoms. The smallest absolute Gasteiger partial charge is 0.197 e. The Labute approximate surface area is 107 Å². The zero-order valence-electron chi connectivity index (χ0n) is 9.76. The van der Waals surface area contributed by atoms with E-state index in [1.54, 1.807) is 15.6 Å². The van der Waals surface area contributed by atoms with Crippen molar-refractivity contribution in [2.45, 2.75) is 32.2 Å². The third kappa shape index (κ3) is 3.77. The molecule has 17 heavy (non-hydrogen) atoms. The van der Waals surface area contributed by atoms with E-state index in [2.05, 4.69) is 4.72 Å². The molecule has 0 saturated carbocycles. The summed E-state index contributed by atoms with van der Waals surface area (Å²) < 4.78 is 28.4. The van der Waals surface area contributed by atoms with Crippen LogP contribution in [0, 0.1) is 0 Å². The van der Waals surface area contributed by atoms with E-state index < -0.39 is 10.2 Å². The van der Waals surface area contributed by atoms with Crippen molar-refractivity contribution in [3.63, 3.8) is 0 Å². The Morgan fingerprint density at radius 2 is 1.94 bits per heavy atom. The minimum atomic E-state index is -3.29. The van der Waals surface area contributed by atoms with Crippen LogP contribution in [0.4, 0.5) is 0 Å². The Kier molecular flexibility index (Phi) is 4.55. The fraction of sp³-hybridized carbons (Fsp3) is 0.636. The summed E-state index contributed by atoms with van der Waals surface area (Å²) in [5.74, 6) is 0. The highest BCUT2D eigenvalue weighted by atomic mass is 32.2. The minimum Gasteiger partial charge on any atom is -0.197 e. The van der Waals surface area contributed by atoms with Gasteiger partial charge < -0.3 is 0 Å². The first kappa shape index (κ1) is 13.0. The topological polar surface area (TPSA) is 49.4 Å². The largest absolute Gasteiger partial charge is 0.279 e. The van der Waals surface area contributed by atoms with E-state index in [0.29, 0.717) is 19.6 Å². The maximum atomic E-state index is 12.1. The minimum absolute atomic E-state index is 0.399. The Hall–Kier alpha value is -0.430. The molecule has 1 aromatic rings. The molecule has 0 spiro atoms. The van der Waals surface area contributed by atoms with Gasteiger partial charge in [0.25, 0.3) is 10.2 Å². The molecule has 0 aromatic carbocycles. The van der Waals surface area contributed by atoms with Crippen LogP contribution in [0.15, 0.2) is 17.5 Å². The van der Waals surface area contributed by atoms with Gasteiger partial charge in [-0.1, -0.05) is 18.9 Å². The van der Waals surface area contributed by atoms with Crippen LogP contribution in [0.5, 0.6) is 0 Å². The highest BCUT2D eigenvalue weighted by Crippen LogP contribution is 2.13. The standard InChI is InChI=1S/C11H18N2O2S2/c14-17(15,12-10-11-6-5-9-16-11)13-7-3-1-2-4-8-13/h5-6,9,12H,1-4,7-8,10H2. The lowest BCUT2D eigenvalue weighted by Crippen LogP contribution is -2.40. The predicted octanol–water partition coefficient (Wildman–Crippen LogP) is 1.96. The molecule has 2 rings (SSSR count). The number of hydrogen-bond acceptors (Lipinski definition) is 3. The third-order valence-electron chi connectivity index (χ3n) is 2.91. The molecule has 1 aliphatic rings. The maximum absolute atomic E-state index is 12.1. The Morgan fingerprint density at radius 1 is 1.24 bits per heavy atom. The summed E-state index contributed by atoms with van der Waals surface area (Å²) in [6.45, 7) is 1.70. The van der Waals surface area contributed by atoms with Crippen LogP contribution in [-0.2, 0) is 16.8 Å². The number of nitrogens with zero attached hydrogens (tertiary/aromatic N) is 1. The number of nitrogens with one attached hydrogen (secondary N) is 1. The Bertz CT molecular complexity index is 420. The highest BCUT2D eigenvalue weighted by molar-refractivity contribution is 7.87. The predicted molar refractivity (Wildman–Crippen MR) is 70.1 cm³/mol. The van der Waals surface area contributed by atoms with E-state index in [9.17, 15) is 8.42 Å². The molecule has 4 nitrogen and oxygen atoms in total. The van der Waals surface area contributed by atoms with E-state index in [1.165, 1.54) is 0 Å². The lowest BCUT2D eigenvalue weighted by atomic mass is 10.2. The van der Waals surface area contributed by atoms with E-state index in [-0.39, 0.29) is 0 Å². The molecule has 1 fully saturated rings.